The third-order valence-electron chi connectivity index (χ3n) is 3.97. The quantitative estimate of drug-likeness (QED) is 0.495. The predicted molar refractivity (Wildman–Crippen MR) is 92.6 cm³/mol. The Balaban J connectivity index is 2.10. The molecule has 1 aromatic heterocycles. The summed E-state index contributed by atoms with van der Waals surface area (Å²) >= 11 is 0. The zero-order valence-electron chi connectivity index (χ0n) is 14.9. The van der Waals surface area contributed by atoms with Crippen molar-refractivity contribution in [2.75, 3.05) is 0 Å². The molecule has 1 aliphatic heterocycles. The Hall–Kier alpha value is -3.53. The van der Waals surface area contributed by atoms with E-state index in [1.165, 1.54) is 48.8 Å². The smallest absolute Gasteiger partial charge is 0.345 e. The second-order valence-electron chi connectivity index (χ2n) is 5.96. The average molecular weight is 401 g/mol. The molecule has 144 valence electrons. The van der Waals surface area contributed by atoms with E-state index in [1.54, 1.807) is 13.0 Å². The monoisotopic (exact) mass is 401 g/mol. The van der Waals surface area contributed by atoms with Crippen molar-refractivity contribution in [1.29, 1.82) is 0 Å². The van der Waals surface area contributed by atoms with Crippen LogP contribution in [0.5, 0.6) is 0 Å². The standard InChI is InChI=1S/C18H15N3O6S/c1-12-6-8-14(9-7-12)28(26,27)21(13(2)22)20-17(24)15(16(23)18(20)25)19-10-4-3-5-11-19/h3-11H,1-2H3. The molecule has 3 amide bonds. The van der Waals surface area contributed by atoms with E-state index in [0.29, 0.717) is 0 Å². The second-order valence-corrected chi connectivity index (χ2v) is 7.73. The van der Waals surface area contributed by atoms with E-state index in [2.05, 4.69) is 0 Å². The Labute approximate surface area is 160 Å². The molecule has 1 aromatic carbocycles. The number of aryl methyl sites for hydroxylation is 1. The van der Waals surface area contributed by atoms with Crippen molar-refractivity contribution < 1.29 is 32.5 Å². The number of amides is 3. The van der Waals surface area contributed by atoms with Gasteiger partial charge >= 0.3 is 5.91 Å². The van der Waals surface area contributed by atoms with Gasteiger partial charge in [-0.3, -0.25) is 14.4 Å². The fourth-order valence-electron chi connectivity index (χ4n) is 2.66. The summed E-state index contributed by atoms with van der Waals surface area (Å²) < 4.78 is 27.0. The van der Waals surface area contributed by atoms with Gasteiger partial charge < -0.3 is 5.11 Å². The molecule has 0 saturated carbocycles. The molecule has 0 radical (unpaired) electrons. The van der Waals surface area contributed by atoms with Gasteiger partial charge in [-0.25, -0.2) is 0 Å². The van der Waals surface area contributed by atoms with Gasteiger partial charge in [-0.05, 0) is 19.1 Å². The first kappa shape index (κ1) is 19.2. The molecule has 0 unspecified atom stereocenters. The predicted octanol–water partition coefficient (Wildman–Crippen LogP) is -0.667. The van der Waals surface area contributed by atoms with Crippen LogP contribution in [0.4, 0.5) is 0 Å². The number of imide groups is 1. The number of nitrogens with zero attached hydrogens (tertiary/aromatic N) is 3. The Bertz CT molecular complexity index is 1110. The second kappa shape index (κ2) is 6.89. The average Bonchev–Trinajstić information content (AvgIpc) is 2.86. The lowest BCUT2D eigenvalue weighted by atomic mass is 10.2. The molecule has 0 N–H and O–H groups in total. The van der Waals surface area contributed by atoms with Crippen molar-refractivity contribution in [2.24, 2.45) is 0 Å². The number of carbonyl (C=O) groups is 3. The van der Waals surface area contributed by atoms with Crippen LogP contribution >= 0.6 is 0 Å². The summed E-state index contributed by atoms with van der Waals surface area (Å²) in [6.45, 7) is 2.62. The van der Waals surface area contributed by atoms with Gasteiger partial charge in [-0.1, -0.05) is 23.8 Å². The molecule has 0 fully saturated rings. The number of sulfonamides is 1. The highest BCUT2D eigenvalue weighted by Gasteiger charge is 2.48. The van der Waals surface area contributed by atoms with Gasteiger partial charge in [0.2, 0.25) is 0 Å². The fraction of sp³-hybridized carbons (Fsp3) is 0.111. The van der Waals surface area contributed by atoms with E-state index in [0.717, 1.165) is 17.1 Å². The van der Waals surface area contributed by atoms with Gasteiger partial charge in [0, 0.05) is 24.8 Å². The minimum atomic E-state index is -4.60. The van der Waals surface area contributed by atoms with Crippen molar-refractivity contribution >= 4 is 33.4 Å². The summed E-state index contributed by atoms with van der Waals surface area (Å²) in [5.74, 6) is -4.97. The molecule has 28 heavy (non-hydrogen) atoms. The minimum Gasteiger partial charge on any atom is -0.864 e. The number of rotatable bonds is 4. The van der Waals surface area contributed by atoms with Crippen LogP contribution in [0, 0.1) is 6.92 Å². The third kappa shape index (κ3) is 3.03. The van der Waals surface area contributed by atoms with Gasteiger partial charge in [0.1, 0.15) is 0 Å². The SMILES string of the molecule is CC(=O)N(N1C(=O)C([O-])=C([n+]2ccccc2)C1=O)S(=O)(=O)c1ccc(C)cc1. The molecule has 10 heteroatoms. The first-order valence-electron chi connectivity index (χ1n) is 8.05. The van der Waals surface area contributed by atoms with Gasteiger partial charge in [-0.2, -0.15) is 18.0 Å². The molecule has 3 rings (SSSR count). The normalized spacial score (nSPS) is 14.6. The Kier molecular flexibility index (Phi) is 4.73. The summed E-state index contributed by atoms with van der Waals surface area (Å²) in [5.41, 5.74) is 0.198. The summed E-state index contributed by atoms with van der Waals surface area (Å²) in [6.07, 6.45) is 2.71. The van der Waals surface area contributed by atoms with Crippen molar-refractivity contribution in [3.63, 3.8) is 0 Å². The topological polar surface area (TPSA) is 119 Å². The van der Waals surface area contributed by atoms with Crippen LogP contribution < -0.4 is 9.67 Å². The fourth-order valence-corrected chi connectivity index (χ4v) is 4.04. The van der Waals surface area contributed by atoms with Gasteiger partial charge in [0.05, 0.1) is 4.90 Å². The molecule has 0 saturated heterocycles. The maximum absolute atomic E-state index is 12.9. The molecule has 1 aliphatic rings. The first-order chi connectivity index (χ1) is 13.2. The molecular formula is C18H15N3O6S. The molecule has 0 atom stereocenters. The van der Waals surface area contributed by atoms with Crippen LogP contribution in [0.3, 0.4) is 0 Å². The maximum Gasteiger partial charge on any atom is 0.345 e. The summed E-state index contributed by atoms with van der Waals surface area (Å²) in [7, 11) is -4.60. The zero-order valence-corrected chi connectivity index (χ0v) is 15.7. The first-order valence-corrected chi connectivity index (χ1v) is 9.49. The highest BCUT2D eigenvalue weighted by Crippen LogP contribution is 2.25. The summed E-state index contributed by atoms with van der Waals surface area (Å²) in [4.78, 5) is 37.0. The molecule has 2 heterocycles. The van der Waals surface area contributed by atoms with Gasteiger partial charge in [0.15, 0.2) is 12.4 Å². The van der Waals surface area contributed by atoms with E-state index < -0.39 is 39.2 Å². The van der Waals surface area contributed by atoms with Crippen LogP contribution in [0.15, 0.2) is 65.5 Å². The lowest BCUT2D eigenvalue weighted by Crippen LogP contribution is -2.53. The van der Waals surface area contributed by atoms with Crippen LogP contribution in [0.25, 0.3) is 5.70 Å². The van der Waals surface area contributed by atoms with Gasteiger partial charge in [-0.15, -0.1) is 4.41 Å². The van der Waals surface area contributed by atoms with Crippen LogP contribution in [-0.4, -0.2) is 35.6 Å². The largest absolute Gasteiger partial charge is 0.864 e. The third-order valence-corrected chi connectivity index (χ3v) is 5.71. The lowest BCUT2D eigenvalue weighted by Gasteiger charge is -2.28. The summed E-state index contributed by atoms with van der Waals surface area (Å²) in [6, 6.07) is 10.2. The van der Waals surface area contributed by atoms with E-state index in [9.17, 15) is 27.9 Å². The number of hydrogen-bond donors (Lipinski definition) is 0. The van der Waals surface area contributed by atoms with Gasteiger partial charge in [0.25, 0.3) is 27.5 Å². The Morgan fingerprint density at radius 2 is 1.61 bits per heavy atom. The maximum atomic E-state index is 12.9. The highest BCUT2D eigenvalue weighted by molar-refractivity contribution is 7.89. The van der Waals surface area contributed by atoms with E-state index >= 15 is 0 Å². The van der Waals surface area contributed by atoms with E-state index in [4.69, 9.17) is 0 Å². The summed E-state index contributed by atoms with van der Waals surface area (Å²) in [5, 5.41) is 12.4. The molecule has 0 spiro atoms. The molecule has 0 aliphatic carbocycles. The lowest BCUT2D eigenvalue weighted by molar-refractivity contribution is -0.581. The van der Waals surface area contributed by atoms with Crippen LogP contribution in [-0.2, 0) is 24.4 Å². The van der Waals surface area contributed by atoms with E-state index in [1.807, 2.05) is 0 Å². The minimum absolute atomic E-state index is 0.0245. The van der Waals surface area contributed by atoms with Crippen molar-refractivity contribution in [3.05, 3.63) is 66.2 Å². The van der Waals surface area contributed by atoms with Crippen LogP contribution in [0.1, 0.15) is 12.5 Å². The highest BCUT2D eigenvalue weighted by atomic mass is 32.2. The number of benzene rings is 1. The Morgan fingerprint density at radius 3 is 2.14 bits per heavy atom. The molecule has 9 nitrogen and oxygen atoms in total. The number of hydrogen-bond acceptors (Lipinski definition) is 6. The zero-order chi connectivity index (χ0) is 20.6. The van der Waals surface area contributed by atoms with Crippen molar-refractivity contribution in [1.82, 2.24) is 9.42 Å². The van der Waals surface area contributed by atoms with Crippen molar-refractivity contribution in [2.45, 2.75) is 18.7 Å². The number of hydrazine groups is 1. The van der Waals surface area contributed by atoms with Crippen molar-refractivity contribution in [3.8, 4) is 0 Å². The Morgan fingerprint density at radius 1 is 1.04 bits per heavy atom. The number of aromatic nitrogens is 1. The number of carbonyl (C=O) groups excluding carboxylic acids is 3. The van der Waals surface area contributed by atoms with E-state index in [-0.39, 0.29) is 14.3 Å². The number of pyridine rings is 1. The van der Waals surface area contributed by atoms with Crippen LogP contribution in [0.2, 0.25) is 0 Å². The molecule has 0 bridgehead atoms. The molecular weight excluding hydrogens is 386 g/mol. The molecule has 2 aromatic rings.